The highest BCUT2D eigenvalue weighted by Gasteiger charge is 2.38. The Kier molecular flexibility index (Phi) is 9.18. The first kappa shape index (κ1) is 28.4. The highest BCUT2D eigenvalue weighted by atomic mass is 19.4. The SMILES string of the molecule is O=C(NCC1OCCc2cn(Cc3ccccc3)nc21)c1ccc(Oc2ccccc2)cc1.O=C(O)C(F)(F)F. The maximum atomic E-state index is 12.7. The Morgan fingerprint density at radius 3 is 2.20 bits per heavy atom. The second kappa shape index (κ2) is 12.9. The molecule has 4 aromatic rings. The highest BCUT2D eigenvalue weighted by Crippen LogP contribution is 2.26. The number of aliphatic carboxylic acids is 1. The van der Waals surface area contributed by atoms with E-state index < -0.39 is 12.1 Å². The molecule has 1 atom stereocenters. The van der Waals surface area contributed by atoms with Crippen LogP contribution in [-0.4, -0.2) is 46.1 Å². The summed E-state index contributed by atoms with van der Waals surface area (Å²) in [4.78, 5) is 21.6. The van der Waals surface area contributed by atoms with E-state index in [9.17, 15) is 18.0 Å². The normalized spacial score (nSPS) is 14.3. The van der Waals surface area contributed by atoms with Gasteiger partial charge in [0.25, 0.3) is 5.91 Å². The van der Waals surface area contributed by atoms with Crippen LogP contribution in [-0.2, 0) is 22.5 Å². The number of hydrogen-bond acceptors (Lipinski definition) is 5. The first-order valence-corrected chi connectivity index (χ1v) is 12.3. The molecule has 1 aliphatic heterocycles. The van der Waals surface area contributed by atoms with Crippen LogP contribution in [0.15, 0.2) is 91.1 Å². The summed E-state index contributed by atoms with van der Waals surface area (Å²) in [5.41, 5.74) is 3.85. The Morgan fingerprint density at radius 2 is 1.57 bits per heavy atom. The predicted octanol–water partition coefficient (Wildman–Crippen LogP) is 5.40. The third-order valence-corrected chi connectivity index (χ3v) is 5.84. The predicted molar refractivity (Wildman–Crippen MR) is 139 cm³/mol. The number of hydrogen-bond donors (Lipinski definition) is 2. The van der Waals surface area contributed by atoms with E-state index >= 15 is 0 Å². The zero-order valence-electron chi connectivity index (χ0n) is 21.2. The topological polar surface area (TPSA) is 103 Å². The number of fused-ring (bicyclic) bond motifs is 1. The lowest BCUT2D eigenvalue weighted by atomic mass is 10.1. The molecule has 0 saturated heterocycles. The number of nitrogens with zero attached hydrogens (tertiary/aromatic N) is 2. The number of halogens is 3. The summed E-state index contributed by atoms with van der Waals surface area (Å²) in [6, 6.07) is 26.9. The average Bonchev–Trinajstić information content (AvgIpc) is 3.36. The van der Waals surface area contributed by atoms with Crippen LogP contribution in [0.4, 0.5) is 13.2 Å². The van der Waals surface area contributed by atoms with Gasteiger partial charge in [-0.25, -0.2) is 4.79 Å². The molecule has 1 amide bonds. The van der Waals surface area contributed by atoms with Gasteiger partial charge >= 0.3 is 12.1 Å². The van der Waals surface area contributed by atoms with Crippen molar-refractivity contribution >= 4 is 11.9 Å². The van der Waals surface area contributed by atoms with Gasteiger partial charge in [0.05, 0.1) is 18.8 Å². The molecule has 3 aromatic carbocycles. The number of aromatic nitrogens is 2. The van der Waals surface area contributed by atoms with Gasteiger partial charge in [-0.2, -0.15) is 18.3 Å². The van der Waals surface area contributed by atoms with Crippen LogP contribution >= 0.6 is 0 Å². The molecule has 0 bridgehead atoms. The molecule has 8 nitrogen and oxygen atoms in total. The molecule has 0 aliphatic carbocycles. The number of para-hydroxylation sites is 1. The number of carbonyl (C=O) groups excluding carboxylic acids is 1. The van der Waals surface area contributed by atoms with E-state index in [1.807, 2.05) is 53.2 Å². The highest BCUT2D eigenvalue weighted by molar-refractivity contribution is 5.94. The smallest absolute Gasteiger partial charge is 0.475 e. The number of carbonyl (C=O) groups is 2. The van der Waals surface area contributed by atoms with Gasteiger partial charge in [0.2, 0.25) is 0 Å². The van der Waals surface area contributed by atoms with Crippen molar-refractivity contribution in [2.45, 2.75) is 25.2 Å². The number of carboxylic acids is 1. The van der Waals surface area contributed by atoms with Crippen LogP contribution in [0.2, 0.25) is 0 Å². The van der Waals surface area contributed by atoms with Crippen molar-refractivity contribution in [1.82, 2.24) is 15.1 Å². The van der Waals surface area contributed by atoms with Crippen molar-refractivity contribution in [1.29, 1.82) is 0 Å². The van der Waals surface area contributed by atoms with Crippen LogP contribution in [0.5, 0.6) is 11.5 Å². The summed E-state index contributed by atoms with van der Waals surface area (Å²) >= 11 is 0. The summed E-state index contributed by atoms with van der Waals surface area (Å²) in [6.07, 6.45) is -2.42. The molecular weight excluding hydrogens is 527 g/mol. The maximum Gasteiger partial charge on any atom is 0.490 e. The summed E-state index contributed by atoms with van der Waals surface area (Å²) in [5.74, 6) is -1.47. The van der Waals surface area contributed by atoms with Gasteiger partial charge < -0.3 is 19.9 Å². The van der Waals surface area contributed by atoms with Crippen LogP contribution < -0.4 is 10.1 Å². The minimum absolute atomic E-state index is 0.152. The molecule has 0 spiro atoms. The number of ether oxygens (including phenoxy) is 2. The second-order valence-corrected chi connectivity index (χ2v) is 8.78. The summed E-state index contributed by atoms with van der Waals surface area (Å²) in [5, 5.41) is 14.9. The molecule has 0 saturated carbocycles. The van der Waals surface area contributed by atoms with Crippen molar-refractivity contribution in [3.8, 4) is 11.5 Å². The van der Waals surface area contributed by atoms with Crippen molar-refractivity contribution in [3.63, 3.8) is 0 Å². The number of nitrogens with one attached hydrogen (secondary N) is 1. The Balaban J connectivity index is 0.000000470. The van der Waals surface area contributed by atoms with E-state index in [4.69, 9.17) is 24.5 Å². The number of amides is 1. The monoisotopic (exact) mass is 553 g/mol. The summed E-state index contributed by atoms with van der Waals surface area (Å²) in [7, 11) is 0. The fraction of sp³-hybridized carbons (Fsp3) is 0.207. The average molecular weight is 554 g/mol. The zero-order chi connectivity index (χ0) is 28.5. The molecule has 1 unspecified atom stereocenters. The molecule has 2 N–H and O–H groups in total. The van der Waals surface area contributed by atoms with Crippen LogP contribution in [0.1, 0.15) is 33.3 Å². The molecule has 0 radical (unpaired) electrons. The lowest BCUT2D eigenvalue weighted by Gasteiger charge is -2.22. The molecule has 40 heavy (non-hydrogen) atoms. The Bertz CT molecular complexity index is 1410. The Hall–Kier alpha value is -4.64. The number of rotatable bonds is 7. The van der Waals surface area contributed by atoms with Crippen molar-refractivity contribution < 1.29 is 37.3 Å². The van der Waals surface area contributed by atoms with Gasteiger partial charge in [-0.15, -0.1) is 0 Å². The van der Waals surface area contributed by atoms with Gasteiger partial charge in [-0.1, -0.05) is 48.5 Å². The zero-order valence-corrected chi connectivity index (χ0v) is 21.2. The number of benzene rings is 3. The van der Waals surface area contributed by atoms with Gasteiger partial charge in [0.15, 0.2) is 0 Å². The van der Waals surface area contributed by atoms with Gasteiger partial charge in [0.1, 0.15) is 17.6 Å². The number of carboxylic acid groups (broad SMARTS) is 1. The third-order valence-electron chi connectivity index (χ3n) is 5.84. The van der Waals surface area contributed by atoms with Gasteiger partial charge in [0, 0.05) is 18.3 Å². The molecular formula is C29H26F3N3O5. The molecule has 0 fully saturated rings. The fourth-order valence-corrected chi connectivity index (χ4v) is 3.92. The first-order chi connectivity index (χ1) is 19.2. The lowest BCUT2D eigenvalue weighted by Crippen LogP contribution is -2.31. The van der Waals surface area contributed by atoms with Crippen molar-refractivity contribution in [2.75, 3.05) is 13.2 Å². The Morgan fingerprint density at radius 1 is 0.975 bits per heavy atom. The second-order valence-electron chi connectivity index (χ2n) is 8.78. The largest absolute Gasteiger partial charge is 0.490 e. The molecule has 1 aliphatic rings. The maximum absolute atomic E-state index is 12.7. The molecule has 1 aromatic heterocycles. The minimum atomic E-state index is -5.08. The Labute approximate surface area is 228 Å². The summed E-state index contributed by atoms with van der Waals surface area (Å²) in [6.45, 7) is 1.71. The lowest BCUT2D eigenvalue weighted by molar-refractivity contribution is -0.192. The quantitative estimate of drug-likeness (QED) is 0.318. The summed E-state index contributed by atoms with van der Waals surface area (Å²) < 4.78 is 45.4. The van der Waals surface area contributed by atoms with Crippen LogP contribution in [0.3, 0.4) is 0 Å². The minimum Gasteiger partial charge on any atom is -0.475 e. The van der Waals surface area contributed by atoms with Crippen molar-refractivity contribution in [3.05, 3.63) is 114 Å². The van der Waals surface area contributed by atoms with E-state index in [2.05, 4.69) is 23.6 Å². The number of alkyl halides is 3. The van der Waals surface area contributed by atoms with Crippen LogP contribution in [0.25, 0.3) is 0 Å². The van der Waals surface area contributed by atoms with E-state index in [-0.39, 0.29) is 12.0 Å². The van der Waals surface area contributed by atoms with Gasteiger partial charge in [-0.05, 0) is 53.9 Å². The van der Waals surface area contributed by atoms with Crippen molar-refractivity contribution in [2.24, 2.45) is 0 Å². The first-order valence-electron chi connectivity index (χ1n) is 12.3. The van der Waals surface area contributed by atoms with E-state index in [1.54, 1.807) is 24.3 Å². The molecule has 5 rings (SSSR count). The van der Waals surface area contributed by atoms with Crippen LogP contribution in [0, 0.1) is 0 Å². The van der Waals surface area contributed by atoms with Gasteiger partial charge in [-0.3, -0.25) is 9.48 Å². The molecule has 208 valence electrons. The van der Waals surface area contributed by atoms with E-state index in [1.165, 1.54) is 11.1 Å². The van der Waals surface area contributed by atoms with E-state index in [0.29, 0.717) is 31.0 Å². The standard InChI is InChI=1S/C27H25N3O3.C2HF3O2/c31-27(21-11-13-24(14-12-21)33-23-9-5-2-6-10-23)28-17-25-26-22(15-16-32-25)19-30(29-26)18-20-7-3-1-4-8-20;3-2(4,5)1(6)7/h1-14,19,25H,15-18H2,(H,28,31);(H,6,7). The fourth-order valence-electron chi connectivity index (χ4n) is 3.92. The molecule has 11 heteroatoms. The van der Waals surface area contributed by atoms with E-state index in [0.717, 1.165) is 17.9 Å². The third kappa shape index (κ3) is 7.93. The molecule has 2 heterocycles.